The molecular weight excluding hydrogens is 326 g/mol. The highest BCUT2D eigenvalue weighted by molar-refractivity contribution is 7.98. The van der Waals surface area contributed by atoms with E-state index in [-0.39, 0.29) is 0 Å². The molecule has 2 rings (SSSR count). The lowest BCUT2D eigenvalue weighted by atomic mass is 10.2. The summed E-state index contributed by atoms with van der Waals surface area (Å²) in [7, 11) is 0. The van der Waals surface area contributed by atoms with Crippen LogP contribution in [0.3, 0.4) is 0 Å². The van der Waals surface area contributed by atoms with Crippen LogP contribution in [0.5, 0.6) is 0 Å². The van der Waals surface area contributed by atoms with Crippen LogP contribution in [0, 0.1) is 11.3 Å². The van der Waals surface area contributed by atoms with Crippen molar-refractivity contribution >= 4 is 29.3 Å². The van der Waals surface area contributed by atoms with Crippen molar-refractivity contribution in [2.45, 2.75) is 18.1 Å². The van der Waals surface area contributed by atoms with Gasteiger partial charge in [-0.05, 0) is 49.6 Å². The molecule has 2 aromatic rings. The number of hydrogen-bond donors (Lipinski definition) is 1. The van der Waals surface area contributed by atoms with Gasteiger partial charge in [0.1, 0.15) is 5.03 Å². The van der Waals surface area contributed by atoms with E-state index in [4.69, 9.17) is 10.00 Å². The van der Waals surface area contributed by atoms with Crippen LogP contribution in [0.1, 0.15) is 22.8 Å². The van der Waals surface area contributed by atoms with E-state index in [9.17, 15) is 9.59 Å². The zero-order valence-electron chi connectivity index (χ0n) is 13.1. The predicted octanol–water partition coefficient (Wildman–Crippen LogP) is 2.86. The topological polar surface area (TPSA) is 92.1 Å². The lowest BCUT2D eigenvalue weighted by Crippen LogP contribution is -2.30. The number of thioether (sulfide) groups is 1. The van der Waals surface area contributed by atoms with Gasteiger partial charge in [0.25, 0.3) is 5.91 Å². The summed E-state index contributed by atoms with van der Waals surface area (Å²) in [5, 5.41) is 11.9. The maximum Gasteiger partial charge on any atom is 0.341 e. The third-order valence-corrected chi connectivity index (χ3v) is 3.83. The van der Waals surface area contributed by atoms with E-state index < -0.39 is 18.0 Å². The SMILES string of the molecule is CSc1ncccc1C(=O)O[C@H](C)C(=O)Nc1ccc(C#N)cc1. The van der Waals surface area contributed by atoms with Gasteiger partial charge in [-0.1, -0.05) is 0 Å². The van der Waals surface area contributed by atoms with Gasteiger partial charge >= 0.3 is 5.97 Å². The van der Waals surface area contributed by atoms with Gasteiger partial charge in [-0.15, -0.1) is 11.8 Å². The number of amides is 1. The number of nitrogens with one attached hydrogen (secondary N) is 1. The van der Waals surface area contributed by atoms with Gasteiger partial charge in [-0.25, -0.2) is 9.78 Å². The number of anilines is 1. The summed E-state index contributed by atoms with van der Waals surface area (Å²) in [6.45, 7) is 1.49. The Morgan fingerprint density at radius 1 is 1.29 bits per heavy atom. The molecule has 0 fully saturated rings. The highest BCUT2D eigenvalue weighted by Crippen LogP contribution is 2.18. The molecule has 0 aliphatic heterocycles. The van der Waals surface area contributed by atoms with Gasteiger partial charge in [0.2, 0.25) is 0 Å². The van der Waals surface area contributed by atoms with Crippen LogP contribution in [0.4, 0.5) is 5.69 Å². The Bertz CT molecular complexity index is 784. The van der Waals surface area contributed by atoms with Crippen molar-refractivity contribution in [1.29, 1.82) is 5.26 Å². The smallest absolute Gasteiger partial charge is 0.341 e. The van der Waals surface area contributed by atoms with Crippen molar-refractivity contribution in [2.24, 2.45) is 0 Å². The maximum absolute atomic E-state index is 12.2. The van der Waals surface area contributed by atoms with Gasteiger partial charge < -0.3 is 10.1 Å². The molecule has 0 radical (unpaired) electrons. The minimum Gasteiger partial charge on any atom is -0.449 e. The molecule has 0 saturated heterocycles. The first kappa shape index (κ1) is 17.5. The molecule has 0 spiro atoms. The minimum atomic E-state index is -0.969. The number of rotatable bonds is 5. The molecule has 1 heterocycles. The average Bonchev–Trinajstić information content (AvgIpc) is 2.62. The second kappa shape index (κ2) is 8.13. The molecule has 0 unspecified atom stereocenters. The van der Waals surface area contributed by atoms with E-state index in [1.807, 2.05) is 6.07 Å². The number of pyridine rings is 1. The normalized spacial score (nSPS) is 11.2. The molecule has 1 N–H and O–H groups in total. The van der Waals surface area contributed by atoms with Crippen molar-refractivity contribution < 1.29 is 14.3 Å². The molecule has 1 amide bonds. The van der Waals surface area contributed by atoms with E-state index in [0.29, 0.717) is 21.8 Å². The largest absolute Gasteiger partial charge is 0.449 e. The molecule has 0 saturated carbocycles. The first-order valence-electron chi connectivity index (χ1n) is 7.06. The number of esters is 1. The van der Waals surface area contributed by atoms with E-state index in [1.54, 1.807) is 48.9 Å². The molecule has 0 bridgehead atoms. The monoisotopic (exact) mass is 341 g/mol. The van der Waals surface area contributed by atoms with Crippen LogP contribution in [0.25, 0.3) is 0 Å². The van der Waals surface area contributed by atoms with Crippen molar-refractivity contribution in [3.63, 3.8) is 0 Å². The molecule has 1 aromatic carbocycles. The lowest BCUT2D eigenvalue weighted by molar-refractivity contribution is -0.123. The average molecular weight is 341 g/mol. The van der Waals surface area contributed by atoms with E-state index in [2.05, 4.69) is 10.3 Å². The van der Waals surface area contributed by atoms with Crippen LogP contribution in [0.2, 0.25) is 0 Å². The van der Waals surface area contributed by atoms with Gasteiger partial charge in [-0.2, -0.15) is 5.26 Å². The molecule has 0 aliphatic rings. The van der Waals surface area contributed by atoms with Crippen LogP contribution in [-0.4, -0.2) is 29.2 Å². The maximum atomic E-state index is 12.2. The first-order chi connectivity index (χ1) is 11.5. The number of nitriles is 1. The molecule has 24 heavy (non-hydrogen) atoms. The summed E-state index contributed by atoms with van der Waals surface area (Å²) in [6, 6.07) is 11.6. The Morgan fingerprint density at radius 2 is 2.00 bits per heavy atom. The standard InChI is InChI=1S/C17H15N3O3S/c1-11(15(21)20-13-7-5-12(10-18)6-8-13)23-17(22)14-4-3-9-19-16(14)24-2/h3-9,11H,1-2H3,(H,20,21)/t11-/m1/s1. The molecule has 6 nitrogen and oxygen atoms in total. The second-order valence-corrected chi connectivity index (χ2v) is 5.58. The van der Waals surface area contributed by atoms with Crippen molar-refractivity contribution in [3.8, 4) is 6.07 Å². The van der Waals surface area contributed by atoms with Crippen LogP contribution in [-0.2, 0) is 9.53 Å². The Hall–Kier alpha value is -2.85. The molecule has 1 aromatic heterocycles. The zero-order chi connectivity index (χ0) is 17.5. The summed E-state index contributed by atoms with van der Waals surface area (Å²) in [5.74, 6) is -1.06. The highest BCUT2D eigenvalue weighted by Gasteiger charge is 2.21. The molecular formula is C17H15N3O3S. The Morgan fingerprint density at radius 3 is 2.62 bits per heavy atom. The van der Waals surface area contributed by atoms with Crippen LogP contribution in [0.15, 0.2) is 47.6 Å². The minimum absolute atomic E-state index is 0.322. The number of ether oxygens (including phenoxy) is 1. The van der Waals surface area contributed by atoms with Crippen LogP contribution >= 0.6 is 11.8 Å². The Kier molecular flexibility index (Phi) is 5.93. The second-order valence-electron chi connectivity index (χ2n) is 4.79. The third-order valence-electron chi connectivity index (χ3n) is 3.12. The first-order valence-corrected chi connectivity index (χ1v) is 8.28. The summed E-state index contributed by atoms with van der Waals surface area (Å²) in [6.07, 6.45) is 2.42. The fourth-order valence-electron chi connectivity index (χ4n) is 1.86. The number of carbonyl (C=O) groups excluding carboxylic acids is 2. The quantitative estimate of drug-likeness (QED) is 0.664. The number of benzene rings is 1. The number of aromatic nitrogens is 1. The number of carbonyl (C=O) groups is 2. The molecule has 122 valence electrons. The van der Waals surface area contributed by atoms with Gasteiger partial charge in [0, 0.05) is 11.9 Å². The fraction of sp³-hybridized carbons (Fsp3) is 0.176. The van der Waals surface area contributed by atoms with E-state index in [1.165, 1.54) is 18.7 Å². The Labute approximate surface area is 143 Å². The van der Waals surface area contributed by atoms with Crippen molar-refractivity contribution in [3.05, 3.63) is 53.7 Å². The fourth-order valence-corrected chi connectivity index (χ4v) is 2.40. The lowest BCUT2D eigenvalue weighted by Gasteiger charge is -2.14. The Balaban J connectivity index is 2.00. The summed E-state index contributed by atoms with van der Waals surface area (Å²) in [4.78, 5) is 28.4. The van der Waals surface area contributed by atoms with Crippen LogP contribution < -0.4 is 5.32 Å². The number of nitrogens with zero attached hydrogens (tertiary/aromatic N) is 2. The summed E-state index contributed by atoms with van der Waals surface area (Å²) < 4.78 is 5.20. The number of hydrogen-bond acceptors (Lipinski definition) is 6. The van der Waals surface area contributed by atoms with E-state index in [0.717, 1.165) is 0 Å². The molecule has 7 heteroatoms. The zero-order valence-corrected chi connectivity index (χ0v) is 14.0. The van der Waals surface area contributed by atoms with Gasteiger partial charge in [0.15, 0.2) is 6.10 Å². The highest BCUT2D eigenvalue weighted by atomic mass is 32.2. The van der Waals surface area contributed by atoms with Gasteiger partial charge in [0.05, 0.1) is 17.2 Å². The third kappa shape index (κ3) is 4.33. The van der Waals surface area contributed by atoms with E-state index >= 15 is 0 Å². The summed E-state index contributed by atoms with van der Waals surface area (Å²) in [5.41, 5.74) is 1.34. The van der Waals surface area contributed by atoms with Crippen molar-refractivity contribution in [1.82, 2.24) is 4.98 Å². The molecule has 0 aliphatic carbocycles. The van der Waals surface area contributed by atoms with Crippen molar-refractivity contribution in [2.75, 3.05) is 11.6 Å². The van der Waals surface area contributed by atoms with Gasteiger partial charge in [-0.3, -0.25) is 4.79 Å². The summed E-state index contributed by atoms with van der Waals surface area (Å²) >= 11 is 1.33. The molecule has 1 atom stereocenters. The predicted molar refractivity (Wildman–Crippen MR) is 90.7 cm³/mol.